The van der Waals surface area contributed by atoms with E-state index in [9.17, 15) is 0 Å². The van der Waals surface area contributed by atoms with Gasteiger partial charge in [-0.15, -0.1) is 0 Å². The average Bonchev–Trinajstić information content (AvgIpc) is 2.28. The van der Waals surface area contributed by atoms with Gasteiger partial charge in [0.2, 0.25) is 0 Å². The van der Waals surface area contributed by atoms with Crippen LogP contribution in [0.2, 0.25) is 0 Å². The van der Waals surface area contributed by atoms with Crippen LogP contribution in [0.5, 0.6) is 0 Å². The van der Waals surface area contributed by atoms with Crippen molar-refractivity contribution in [3.8, 4) is 0 Å². The summed E-state index contributed by atoms with van der Waals surface area (Å²) in [7, 11) is 2.12. The second-order valence-corrected chi connectivity index (χ2v) is 5.30. The summed E-state index contributed by atoms with van der Waals surface area (Å²) in [6.07, 6.45) is 6.83. The third kappa shape index (κ3) is 4.40. The zero-order valence-electron chi connectivity index (χ0n) is 11.0. The summed E-state index contributed by atoms with van der Waals surface area (Å²) >= 11 is 0. The third-order valence-corrected chi connectivity index (χ3v) is 3.75. The molecule has 2 N–H and O–H groups in total. The molecule has 0 radical (unpaired) electrons. The van der Waals surface area contributed by atoms with Crippen LogP contribution in [0.3, 0.4) is 0 Å². The van der Waals surface area contributed by atoms with Crippen molar-refractivity contribution in [1.29, 1.82) is 0 Å². The predicted octanol–water partition coefficient (Wildman–Crippen LogP) is 1.47. The Balaban J connectivity index is 2.47. The van der Waals surface area contributed by atoms with E-state index in [1.807, 2.05) is 0 Å². The van der Waals surface area contributed by atoms with Crippen LogP contribution in [0, 0.1) is 5.41 Å². The molecule has 3 heteroatoms. The fourth-order valence-corrected chi connectivity index (χ4v) is 2.91. The molecule has 1 aliphatic carbocycles. The molecule has 0 aromatic carbocycles. The minimum atomic E-state index is 0.272. The van der Waals surface area contributed by atoms with Crippen molar-refractivity contribution in [1.82, 2.24) is 10.2 Å². The van der Waals surface area contributed by atoms with Gasteiger partial charge in [-0.2, -0.15) is 0 Å². The molecule has 0 bridgehead atoms. The van der Waals surface area contributed by atoms with Crippen LogP contribution < -0.4 is 5.32 Å². The van der Waals surface area contributed by atoms with Crippen molar-refractivity contribution < 1.29 is 5.11 Å². The van der Waals surface area contributed by atoms with E-state index >= 15 is 0 Å². The zero-order chi connectivity index (χ0) is 11.9. The number of likely N-dealkylation sites (N-methyl/N-ethyl adjacent to an activating group) is 1. The van der Waals surface area contributed by atoms with Gasteiger partial charge in [-0.1, -0.05) is 26.2 Å². The molecule has 96 valence electrons. The summed E-state index contributed by atoms with van der Waals surface area (Å²) in [6, 6.07) is 0. The molecule has 0 aromatic rings. The van der Waals surface area contributed by atoms with E-state index in [4.69, 9.17) is 5.11 Å². The summed E-state index contributed by atoms with van der Waals surface area (Å²) < 4.78 is 0. The SMILES string of the molecule is CCNCC1(CN(C)CCO)CCCCC1. The first kappa shape index (κ1) is 13.9. The standard InChI is InChI=1S/C13H28N2O/c1-3-14-11-13(7-5-4-6-8-13)12-15(2)9-10-16/h14,16H,3-12H2,1-2H3. The minimum Gasteiger partial charge on any atom is -0.395 e. The molecule has 0 atom stereocenters. The zero-order valence-corrected chi connectivity index (χ0v) is 11.0. The van der Waals surface area contributed by atoms with E-state index in [-0.39, 0.29) is 6.61 Å². The monoisotopic (exact) mass is 228 g/mol. The molecule has 0 unspecified atom stereocenters. The van der Waals surface area contributed by atoms with Gasteiger partial charge in [0, 0.05) is 19.6 Å². The predicted molar refractivity (Wildman–Crippen MR) is 68.6 cm³/mol. The van der Waals surface area contributed by atoms with Gasteiger partial charge in [0.05, 0.1) is 6.61 Å². The molecule has 0 aliphatic heterocycles. The van der Waals surface area contributed by atoms with Gasteiger partial charge in [0.25, 0.3) is 0 Å². The van der Waals surface area contributed by atoms with Gasteiger partial charge in [0.15, 0.2) is 0 Å². The van der Waals surface area contributed by atoms with Gasteiger partial charge >= 0.3 is 0 Å². The van der Waals surface area contributed by atoms with Crippen molar-refractivity contribution in [3.63, 3.8) is 0 Å². The lowest BCUT2D eigenvalue weighted by Crippen LogP contribution is -2.44. The Bertz CT molecular complexity index is 179. The number of nitrogens with zero attached hydrogens (tertiary/aromatic N) is 1. The van der Waals surface area contributed by atoms with Crippen molar-refractivity contribution >= 4 is 0 Å². The Morgan fingerprint density at radius 3 is 2.50 bits per heavy atom. The summed E-state index contributed by atoms with van der Waals surface area (Å²) in [5.74, 6) is 0. The number of hydrogen-bond acceptors (Lipinski definition) is 3. The molecule has 0 spiro atoms. The van der Waals surface area contributed by atoms with Crippen LogP contribution in [0.15, 0.2) is 0 Å². The largest absolute Gasteiger partial charge is 0.395 e. The van der Waals surface area contributed by atoms with Gasteiger partial charge < -0.3 is 15.3 Å². The van der Waals surface area contributed by atoms with Gasteiger partial charge in [0.1, 0.15) is 0 Å². The summed E-state index contributed by atoms with van der Waals surface area (Å²) in [4.78, 5) is 2.28. The van der Waals surface area contributed by atoms with E-state index in [0.717, 1.165) is 26.2 Å². The van der Waals surface area contributed by atoms with Crippen LogP contribution >= 0.6 is 0 Å². The van der Waals surface area contributed by atoms with Crippen LogP contribution in [0.25, 0.3) is 0 Å². The molecular formula is C13H28N2O. The van der Waals surface area contributed by atoms with Gasteiger partial charge in [-0.25, -0.2) is 0 Å². The normalized spacial score (nSPS) is 20.2. The molecule has 1 saturated carbocycles. The van der Waals surface area contributed by atoms with E-state index < -0.39 is 0 Å². The van der Waals surface area contributed by atoms with Crippen LogP contribution in [0.1, 0.15) is 39.0 Å². The summed E-state index contributed by atoms with van der Waals surface area (Å²) in [6.45, 7) is 6.57. The maximum atomic E-state index is 8.97. The topological polar surface area (TPSA) is 35.5 Å². The molecule has 0 aromatic heterocycles. The molecule has 16 heavy (non-hydrogen) atoms. The Kier molecular flexibility index (Phi) is 6.32. The fourth-order valence-electron chi connectivity index (χ4n) is 2.91. The van der Waals surface area contributed by atoms with Crippen LogP contribution in [-0.2, 0) is 0 Å². The van der Waals surface area contributed by atoms with Gasteiger partial charge in [-0.3, -0.25) is 0 Å². The van der Waals surface area contributed by atoms with Crippen molar-refractivity contribution in [3.05, 3.63) is 0 Å². The Labute approximate surface area is 100 Å². The minimum absolute atomic E-state index is 0.272. The third-order valence-electron chi connectivity index (χ3n) is 3.75. The van der Waals surface area contributed by atoms with Crippen molar-refractivity contribution in [2.45, 2.75) is 39.0 Å². The molecule has 0 amide bonds. The number of nitrogens with one attached hydrogen (secondary N) is 1. The Morgan fingerprint density at radius 2 is 1.94 bits per heavy atom. The summed E-state index contributed by atoms with van der Waals surface area (Å²) in [5.41, 5.74) is 0.457. The van der Waals surface area contributed by atoms with E-state index in [0.29, 0.717) is 5.41 Å². The molecule has 1 rings (SSSR count). The molecule has 3 nitrogen and oxygen atoms in total. The number of aliphatic hydroxyl groups is 1. The highest BCUT2D eigenvalue weighted by molar-refractivity contribution is 4.87. The summed E-state index contributed by atoms with van der Waals surface area (Å²) in [5, 5.41) is 12.5. The van der Waals surface area contributed by atoms with E-state index in [2.05, 4.69) is 24.2 Å². The number of rotatable bonds is 7. The molecule has 0 heterocycles. The number of aliphatic hydroxyl groups excluding tert-OH is 1. The maximum absolute atomic E-state index is 8.97. The number of hydrogen-bond donors (Lipinski definition) is 2. The second kappa shape index (κ2) is 7.25. The lowest BCUT2D eigenvalue weighted by Gasteiger charge is -2.40. The second-order valence-electron chi connectivity index (χ2n) is 5.30. The lowest BCUT2D eigenvalue weighted by atomic mass is 9.73. The van der Waals surface area contributed by atoms with Crippen LogP contribution in [0.4, 0.5) is 0 Å². The first-order valence-electron chi connectivity index (χ1n) is 6.72. The first-order chi connectivity index (χ1) is 7.72. The lowest BCUT2D eigenvalue weighted by molar-refractivity contribution is 0.105. The Hall–Kier alpha value is -0.120. The van der Waals surface area contributed by atoms with E-state index in [1.165, 1.54) is 32.1 Å². The Morgan fingerprint density at radius 1 is 1.25 bits per heavy atom. The van der Waals surface area contributed by atoms with Gasteiger partial charge in [-0.05, 0) is 31.8 Å². The molecular weight excluding hydrogens is 200 g/mol. The maximum Gasteiger partial charge on any atom is 0.0558 e. The van der Waals surface area contributed by atoms with Crippen LogP contribution in [-0.4, -0.2) is 49.8 Å². The smallest absolute Gasteiger partial charge is 0.0558 e. The van der Waals surface area contributed by atoms with E-state index in [1.54, 1.807) is 0 Å². The quantitative estimate of drug-likeness (QED) is 0.693. The van der Waals surface area contributed by atoms with Crippen molar-refractivity contribution in [2.75, 3.05) is 39.8 Å². The molecule has 0 saturated heterocycles. The average molecular weight is 228 g/mol. The molecule has 1 fully saturated rings. The molecule has 1 aliphatic rings. The highest BCUT2D eigenvalue weighted by Crippen LogP contribution is 2.36. The highest BCUT2D eigenvalue weighted by Gasteiger charge is 2.32. The van der Waals surface area contributed by atoms with Crippen molar-refractivity contribution in [2.24, 2.45) is 5.41 Å². The fraction of sp³-hybridized carbons (Fsp3) is 1.00. The highest BCUT2D eigenvalue weighted by atomic mass is 16.3. The first-order valence-corrected chi connectivity index (χ1v) is 6.72.